The number of carbonyl (C=O) groups is 1. The summed E-state index contributed by atoms with van der Waals surface area (Å²) < 4.78 is 97.5. The quantitative estimate of drug-likeness (QED) is 0.815. The maximum atomic E-state index is 12.5. The number of hydrogen-bond acceptors (Lipinski definition) is 4. The van der Waals surface area contributed by atoms with Crippen molar-refractivity contribution in [3.63, 3.8) is 0 Å². The summed E-state index contributed by atoms with van der Waals surface area (Å²) in [6, 6.07) is 0.129. The molecule has 1 aromatic rings. The Morgan fingerprint density at radius 3 is 2.14 bits per heavy atom. The predicted molar refractivity (Wildman–Crippen MR) is 62.4 cm³/mol. The SMILES string of the molecule is CS(=O)(=O)Nc1ncc(C(F)(F)F)cc1NC(=O)C(F)(F)F. The second-order valence-corrected chi connectivity index (χ2v) is 5.69. The molecule has 22 heavy (non-hydrogen) atoms. The van der Waals surface area contributed by atoms with Gasteiger partial charge in [0.05, 0.1) is 17.5 Å². The van der Waals surface area contributed by atoms with Crippen LogP contribution in [0.25, 0.3) is 0 Å². The van der Waals surface area contributed by atoms with Crippen molar-refractivity contribution in [2.45, 2.75) is 12.4 Å². The van der Waals surface area contributed by atoms with Gasteiger partial charge in [0.15, 0.2) is 5.82 Å². The summed E-state index contributed by atoms with van der Waals surface area (Å²) in [5.74, 6) is -3.46. The van der Waals surface area contributed by atoms with Gasteiger partial charge in [0.2, 0.25) is 10.0 Å². The Labute approximate surface area is 119 Å². The largest absolute Gasteiger partial charge is 0.471 e. The number of rotatable bonds is 3. The third kappa shape index (κ3) is 5.05. The van der Waals surface area contributed by atoms with Crippen LogP contribution in [0, 0.1) is 0 Å². The lowest BCUT2D eigenvalue weighted by Gasteiger charge is -2.14. The Morgan fingerprint density at radius 1 is 1.18 bits per heavy atom. The van der Waals surface area contributed by atoms with E-state index in [9.17, 15) is 39.6 Å². The fourth-order valence-electron chi connectivity index (χ4n) is 1.17. The molecule has 1 aromatic heterocycles. The van der Waals surface area contributed by atoms with Crippen LogP contribution in [-0.4, -0.2) is 31.7 Å². The molecule has 0 atom stereocenters. The van der Waals surface area contributed by atoms with Crippen molar-refractivity contribution in [1.82, 2.24) is 4.98 Å². The molecule has 1 rings (SSSR count). The molecule has 2 N–H and O–H groups in total. The number of aromatic nitrogens is 1. The first-order valence-corrected chi connectivity index (χ1v) is 7.02. The molecule has 0 fully saturated rings. The minimum atomic E-state index is -5.38. The Bertz CT molecular complexity index is 683. The summed E-state index contributed by atoms with van der Waals surface area (Å²) in [4.78, 5) is 13.9. The average molecular weight is 351 g/mol. The maximum Gasteiger partial charge on any atom is 0.471 e. The zero-order valence-corrected chi connectivity index (χ0v) is 11.3. The van der Waals surface area contributed by atoms with Crippen molar-refractivity contribution in [3.05, 3.63) is 17.8 Å². The lowest BCUT2D eigenvalue weighted by atomic mass is 10.2. The van der Waals surface area contributed by atoms with Crippen LogP contribution in [-0.2, 0) is 21.0 Å². The van der Waals surface area contributed by atoms with Gasteiger partial charge in [0.25, 0.3) is 0 Å². The van der Waals surface area contributed by atoms with Crippen LogP contribution in [0.3, 0.4) is 0 Å². The van der Waals surface area contributed by atoms with Crippen LogP contribution in [0.5, 0.6) is 0 Å². The zero-order chi connectivity index (χ0) is 17.3. The zero-order valence-electron chi connectivity index (χ0n) is 10.5. The number of halogens is 6. The van der Waals surface area contributed by atoms with Gasteiger partial charge in [-0.15, -0.1) is 0 Å². The molecule has 13 heteroatoms. The first-order chi connectivity index (χ1) is 9.70. The van der Waals surface area contributed by atoms with Gasteiger partial charge in [-0.1, -0.05) is 0 Å². The number of alkyl halides is 6. The van der Waals surface area contributed by atoms with Gasteiger partial charge in [-0.2, -0.15) is 26.3 Å². The van der Waals surface area contributed by atoms with Gasteiger partial charge in [-0.25, -0.2) is 13.4 Å². The maximum absolute atomic E-state index is 12.5. The van der Waals surface area contributed by atoms with E-state index in [0.717, 1.165) is 5.32 Å². The van der Waals surface area contributed by atoms with Gasteiger partial charge in [-0.3, -0.25) is 9.52 Å². The van der Waals surface area contributed by atoms with E-state index in [4.69, 9.17) is 0 Å². The Balaban J connectivity index is 3.31. The number of nitrogens with one attached hydrogen (secondary N) is 2. The van der Waals surface area contributed by atoms with E-state index in [-0.39, 0.29) is 12.3 Å². The number of anilines is 2. The first-order valence-electron chi connectivity index (χ1n) is 5.13. The summed E-state index contributed by atoms with van der Waals surface area (Å²) in [6.07, 6.45) is -9.52. The highest BCUT2D eigenvalue weighted by molar-refractivity contribution is 7.92. The van der Waals surface area contributed by atoms with Gasteiger partial charge in [-0.05, 0) is 6.07 Å². The predicted octanol–water partition coefficient (Wildman–Crippen LogP) is 1.97. The second-order valence-electron chi connectivity index (χ2n) is 3.94. The van der Waals surface area contributed by atoms with E-state index in [2.05, 4.69) is 4.98 Å². The molecule has 0 aromatic carbocycles. The molecule has 0 saturated carbocycles. The molecule has 6 nitrogen and oxygen atoms in total. The average Bonchev–Trinajstić information content (AvgIpc) is 2.26. The van der Waals surface area contributed by atoms with Crippen molar-refractivity contribution in [2.75, 3.05) is 16.3 Å². The number of carbonyl (C=O) groups excluding carboxylic acids is 1. The van der Waals surface area contributed by atoms with Crippen molar-refractivity contribution < 1.29 is 39.6 Å². The van der Waals surface area contributed by atoms with E-state index in [1.807, 2.05) is 0 Å². The number of nitrogens with zero attached hydrogens (tertiary/aromatic N) is 1. The van der Waals surface area contributed by atoms with E-state index in [0.29, 0.717) is 6.26 Å². The minimum Gasteiger partial charge on any atom is -0.315 e. The lowest BCUT2D eigenvalue weighted by Crippen LogP contribution is -2.30. The summed E-state index contributed by atoms with van der Waals surface area (Å²) in [6.45, 7) is 0. The Kier molecular flexibility index (Phi) is 4.60. The third-order valence-corrected chi connectivity index (χ3v) is 2.57. The van der Waals surface area contributed by atoms with E-state index in [1.165, 1.54) is 0 Å². The second kappa shape index (κ2) is 5.62. The number of hydrogen-bond donors (Lipinski definition) is 2. The van der Waals surface area contributed by atoms with E-state index < -0.39 is 45.4 Å². The number of pyridine rings is 1. The molecule has 0 saturated heterocycles. The third-order valence-electron chi connectivity index (χ3n) is 2.00. The fourth-order valence-corrected chi connectivity index (χ4v) is 1.68. The van der Waals surface area contributed by atoms with Gasteiger partial charge in [0.1, 0.15) is 0 Å². The first kappa shape index (κ1) is 18.0. The van der Waals surface area contributed by atoms with Crippen LogP contribution >= 0.6 is 0 Å². The fraction of sp³-hybridized carbons (Fsp3) is 0.333. The van der Waals surface area contributed by atoms with Gasteiger partial charge < -0.3 is 5.32 Å². The highest BCUT2D eigenvalue weighted by atomic mass is 32.2. The number of amides is 1. The molecule has 0 radical (unpaired) electrons. The highest BCUT2D eigenvalue weighted by Gasteiger charge is 2.40. The van der Waals surface area contributed by atoms with Crippen molar-refractivity contribution >= 4 is 27.4 Å². The molecular weight excluding hydrogens is 344 g/mol. The molecule has 1 heterocycles. The van der Waals surface area contributed by atoms with E-state index >= 15 is 0 Å². The van der Waals surface area contributed by atoms with Crippen LogP contribution in [0.1, 0.15) is 5.56 Å². The normalized spacial score (nSPS) is 12.9. The Hall–Kier alpha value is -2.05. The molecule has 124 valence electrons. The summed E-state index contributed by atoms with van der Waals surface area (Å²) in [7, 11) is -4.05. The molecule has 1 amide bonds. The molecular formula is C9H7F6N3O3S. The van der Waals surface area contributed by atoms with Crippen LogP contribution < -0.4 is 10.0 Å². The molecule has 0 aliphatic heterocycles. The molecule has 0 spiro atoms. The van der Waals surface area contributed by atoms with Crippen molar-refractivity contribution in [1.29, 1.82) is 0 Å². The number of sulfonamides is 1. The molecule has 0 bridgehead atoms. The van der Waals surface area contributed by atoms with Crippen LogP contribution in [0.15, 0.2) is 12.3 Å². The monoisotopic (exact) mass is 351 g/mol. The molecule has 0 aliphatic rings. The summed E-state index contributed by atoms with van der Waals surface area (Å²) >= 11 is 0. The lowest BCUT2D eigenvalue weighted by molar-refractivity contribution is -0.167. The van der Waals surface area contributed by atoms with E-state index in [1.54, 1.807) is 4.72 Å². The minimum absolute atomic E-state index is 0.129. The summed E-state index contributed by atoms with van der Waals surface area (Å²) in [5, 5.41) is 1.13. The topological polar surface area (TPSA) is 88.2 Å². The van der Waals surface area contributed by atoms with Crippen molar-refractivity contribution in [3.8, 4) is 0 Å². The standard InChI is InChI=1S/C9H7F6N3O3S/c1-22(20,21)18-6-5(17-7(19)9(13,14)15)2-4(3-16-6)8(10,11)12/h2-3H,1H3,(H,16,18)(H,17,19). The Morgan fingerprint density at radius 2 is 1.73 bits per heavy atom. The van der Waals surface area contributed by atoms with Crippen LogP contribution in [0.4, 0.5) is 37.8 Å². The highest BCUT2D eigenvalue weighted by Crippen LogP contribution is 2.33. The van der Waals surface area contributed by atoms with Gasteiger partial charge >= 0.3 is 18.3 Å². The molecule has 0 unspecified atom stereocenters. The summed E-state index contributed by atoms with van der Waals surface area (Å²) in [5.41, 5.74) is -2.55. The van der Waals surface area contributed by atoms with Gasteiger partial charge in [0, 0.05) is 6.20 Å². The van der Waals surface area contributed by atoms with Crippen LogP contribution in [0.2, 0.25) is 0 Å². The smallest absolute Gasteiger partial charge is 0.315 e. The molecule has 0 aliphatic carbocycles. The van der Waals surface area contributed by atoms with Crippen molar-refractivity contribution in [2.24, 2.45) is 0 Å².